The van der Waals surface area contributed by atoms with E-state index in [0.717, 1.165) is 15.4 Å². The number of hydrogen-bond donors (Lipinski definition) is 0. The van der Waals surface area contributed by atoms with Crippen molar-refractivity contribution in [3.8, 4) is 0 Å². The Labute approximate surface area is 230 Å². The molecule has 0 saturated carbocycles. The van der Waals surface area contributed by atoms with Crippen molar-refractivity contribution >= 4 is 64.0 Å². The maximum atomic E-state index is 11.5. The topological polar surface area (TPSA) is 81.9 Å². The fourth-order valence-corrected chi connectivity index (χ4v) is 3.88. The van der Waals surface area contributed by atoms with Gasteiger partial charge < -0.3 is 9.55 Å². The Balaban J connectivity index is 0.00000240. The molecule has 1 heterocycles. The minimum Gasteiger partial charge on any atom is -0.744 e. The predicted octanol–water partition coefficient (Wildman–Crippen LogP) is -0.644. The van der Waals surface area contributed by atoms with Crippen LogP contribution in [0.4, 0.5) is 11.4 Å². The van der Waals surface area contributed by atoms with E-state index in [0.29, 0.717) is 11.3 Å². The number of rotatable bonds is 7. The van der Waals surface area contributed by atoms with Crippen molar-refractivity contribution in [3.05, 3.63) is 82.1 Å². The summed E-state index contributed by atoms with van der Waals surface area (Å²) >= 11 is 1.59. The first-order valence-electron chi connectivity index (χ1n) is 8.42. The first-order chi connectivity index (χ1) is 13.9. The first-order valence-corrected chi connectivity index (χ1v) is 10.6. The monoisotopic (exact) mass is 466 g/mol. The van der Waals surface area contributed by atoms with Crippen molar-refractivity contribution < 1.29 is 72.1 Å². The van der Waals surface area contributed by atoms with Gasteiger partial charge in [-0.2, -0.15) is 5.56 Å². The van der Waals surface area contributed by atoms with Gasteiger partial charge in [0.1, 0.15) is 10.1 Å². The van der Waals surface area contributed by atoms with Crippen LogP contribution in [0.1, 0.15) is 20.9 Å². The minimum atomic E-state index is -4.63. The van der Waals surface area contributed by atoms with E-state index in [2.05, 4.69) is 29.3 Å². The molecule has 0 radical (unpaired) electrons. The van der Waals surface area contributed by atoms with Gasteiger partial charge in [0.15, 0.2) is 0 Å². The number of aliphatic imine (C=N–C) groups is 2. The summed E-state index contributed by atoms with van der Waals surface area (Å²) in [4.78, 5) is 9.83. The summed E-state index contributed by atoms with van der Waals surface area (Å²) < 4.78 is 34.5. The normalized spacial score (nSPS) is 11.1. The number of hydrogen-bond acceptors (Lipinski definition) is 6. The number of thiophene rings is 1. The molecule has 5 nitrogen and oxygen atoms in total. The van der Waals surface area contributed by atoms with Gasteiger partial charge >= 0.3 is 59.1 Å². The molecule has 0 saturated heterocycles. The van der Waals surface area contributed by atoms with Crippen molar-refractivity contribution in [2.24, 2.45) is 9.98 Å². The zero-order valence-electron chi connectivity index (χ0n) is 17.3. The summed E-state index contributed by atoms with van der Waals surface area (Å²) in [5.74, 6) is 0. The molecule has 0 unspecified atom stereocenters. The average molecular weight is 466 g/mol. The van der Waals surface area contributed by atoms with E-state index in [1.54, 1.807) is 54.0 Å². The molecule has 0 bridgehead atoms. The average Bonchev–Trinajstić information content (AvgIpc) is 3.19. The van der Waals surface area contributed by atoms with Gasteiger partial charge in [-0.15, -0.1) is 41.7 Å². The molecule has 3 aromatic rings. The Morgan fingerprint density at radius 1 is 1.00 bits per heavy atom. The SMILES string of the molecule is C=Cc1ccc(C=Nc2c[c-]c(/C=C/c3ccc(N=C)cc3S(=O)(=O)[O-])cc2)s1.[Na+].[Na+]. The molecule has 0 fully saturated rings. The maximum absolute atomic E-state index is 11.5. The first kappa shape index (κ1) is 27.9. The van der Waals surface area contributed by atoms with E-state index in [1.165, 1.54) is 12.1 Å². The molecule has 31 heavy (non-hydrogen) atoms. The molecule has 0 aliphatic heterocycles. The number of nitrogens with zero attached hydrogens (tertiary/aromatic N) is 2. The van der Waals surface area contributed by atoms with Gasteiger partial charge in [-0.1, -0.05) is 24.8 Å². The van der Waals surface area contributed by atoms with Crippen molar-refractivity contribution in [2.45, 2.75) is 4.90 Å². The third-order valence-corrected chi connectivity index (χ3v) is 5.81. The molecule has 0 amide bonds. The molecule has 0 N–H and O–H groups in total. The Morgan fingerprint density at radius 2 is 1.71 bits per heavy atom. The number of benzene rings is 2. The van der Waals surface area contributed by atoms with Gasteiger partial charge in [-0.25, -0.2) is 8.42 Å². The van der Waals surface area contributed by atoms with Gasteiger partial charge in [0, 0.05) is 16.0 Å². The van der Waals surface area contributed by atoms with Gasteiger partial charge in [0.25, 0.3) is 0 Å². The molecule has 3 rings (SSSR count). The predicted molar refractivity (Wildman–Crippen MR) is 119 cm³/mol. The summed E-state index contributed by atoms with van der Waals surface area (Å²) in [5, 5.41) is 0. The Kier molecular flexibility index (Phi) is 11.5. The molecule has 9 heteroatoms. The molecule has 0 atom stereocenters. The van der Waals surface area contributed by atoms with Crippen LogP contribution >= 0.6 is 11.3 Å². The van der Waals surface area contributed by atoms with Gasteiger partial charge in [0.05, 0.1) is 10.6 Å². The zero-order chi connectivity index (χ0) is 20.9. The molecule has 0 aliphatic rings. The Morgan fingerprint density at radius 3 is 2.29 bits per heavy atom. The zero-order valence-corrected chi connectivity index (χ0v) is 22.9. The van der Waals surface area contributed by atoms with E-state index in [-0.39, 0.29) is 69.6 Å². The van der Waals surface area contributed by atoms with Crippen LogP contribution in [0.5, 0.6) is 0 Å². The van der Waals surface area contributed by atoms with Crippen LogP contribution < -0.4 is 59.1 Å². The van der Waals surface area contributed by atoms with E-state index in [9.17, 15) is 13.0 Å². The summed E-state index contributed by atoms with van der Waals surface area (Å²) in [5.41, 5.74) is 2.05. The van der Waals surface area contributed by atoms with E-state index >= 15 is 0 Å². The van der Waals surface area contributed by atoms with Crippen LogP contribution in [0.2, 0.25) is 0 Å². The van der Waals surface area contributed by atoms with Crippen molar-refractivity contribution in [2.75, 3.05) is 0 Å². The Hall–Kier alpha value is -1.13. The van der Waals surface area contributed by atoms with Gasteiger partial charge in [-0.3, -0.25) is 4.99 Å². The molecule has 146 valence electrons. The van der Waals surface area contributed by atoms with Crippen LogP contribution in [0, 0.1) is 6.07 Å². The molecule has 0 spiro atoms. The van der Waals surface area contributed by atoms with Crippen molar-refractivity contribution in [1.29, 1.82) is 0 Å². The fourth-order valence-electron chi connectivity index (χ4n) is 2.45. The minimum absolute atomic E-state index is 0. The standard InChI is InChI=1S/C22H17N2O3S2.2Na/c1-3-20-12-13-21(28-20)15-24-18-9-5-16(6-10-18)4-7-17-8-11-19(23-2)14-22(17)29(25,26)27;;/h3-5,7-15H,1-2H2,(H,25,26,27);;/q-1;2*+1/p-1/b7-4+,24-15?;;. The quantitative estimate of drug-likeness (QED) is 0.153. The molecular formula is C22H16N2Na2O3S2. The van der Waals surface area contributed by atoms with E-state index in [1.807, 2.05) is 18.2 Å². The van der Waals surface area contributed by atoms with Crippen LogP contribution in [-0.4, -0.2) is 25.9 Å². The van der Waals surface area contributed by atoms with Crippen LogP contribution in [-0.2, 0) is 10.1 Å². The summed E-state index contributed by atoms with van der Waals surface area (Å²) in [6.07, 6.45) is 6.79. The second kappa shape index (κ2) is 12.8. The molecule has 2 aromatic carbocycles. The van der Waals surface area contributed by atoms with Crippen LogP contribution in [0.3, 0.4) is 0 Å². The van der Waals surface area contributed by atoms with Crippen LogP contribution in [0.15, 0.2) is 70.0 Å². The summed E-state index contributed by atoms with van der Waals surface area (Å²) in [6, 6.07) is 16.7. The van der Waals surface area contributed by atoms with Gasteiger partial charge in [-0.05, 0) is 42.2 Å². The van der Waals surface area contributed by atoms with Crippen LogP contribution in [0.25, 0.3) is 18.2 Å². The van der Waals surface area contributed by atoms with Crippen molar-refractivity contribution in [3.63, 3.8) is 0 Å². The summed E-state index contributed by atoms with van der Waals surface area (Å²) in [7, 11) is -4.63. The summed E-state index contributed by atoms with van der Waals surface area (Å²) in [6.45, 7) is 7.08. The molecule has 1 aromatic heterocycles. The smallest absolute Gasteiger partial charge is 0.744 e. The van der Waals surface area contributed by atoms with Gasteiger partial charge in [0.2, 0.25) is 0 Å². The second-order valence-electron chi connectivity index (χ2n) is 5.87. The van der Waals surface area contributed by atoms with E-state index < -0.39 is 10.1 Å². The van der Waals surface area contributed by atoms with E-state index in [4.69, 9.17) is 0 Å². The van der Waals surface area contributed by atoms with Crippen molar-refractivity contribution in [1.82, 2.24) is 0 Å². The third kappa shape index (κ3) is 8.05. The molecule has 0 aliphatic carbocycles. The maximum Gasteiger partial charge on any atom is 1.00 e. The third-order valence-electron chi connectivity index (χ3n) is 3.90. The largest absolute Gasteiger partial charge is 1.00 e. The Bertz CT molecular complexity index is 1220. The second-order valence-corrected chi connectivity index (χ2v) is 8.37. The molecular weight excluding hydrogens is 450 g/mol. The fraction of sp³-hybridized carbons (Fsp3) is 0.